The van der Waals surface area contributed by atoms with Gasteiger partial charge in [0.2, 0.25) is 0 Å². The van der Waals surface area contributed by atoms with E-state index in [-0.39, 0.29) is 0 Å². The Balaban J connectivity index is 2.11. The Morgan fingerprint density at radius 3 is 2.57 bits per heavy atom. The SMILES string of the molecule is CCc1nn(C)c(CCC(CNC)c2ccccc2)c1Cl. The summed E-state index contributed by atoms with van der Waals surface area (Å²) in [6, 6.07) is 10.7. The molecule has 1 N–H and O–H groups in total. The van der Waals surface area contributed by atoms with E-state index in [1.807, 2.05) is 18.8 Å². The summed E-state index contributed by atoms with van der Waals surface area (Å²) in [5.41, 5.74) is 3.52. The van der Waals surface area contributed by atoms with Crippen LogP contribution in [-0.2, 0) is 19.9 Å². The highest BCUT2D eigenvalue weighted by atomic mass is 35.5. The maximum atomic E-state index is 6.44. The van der Waals surface area contributed by atoms with Gasteiger partial charge < -0.3 is 5.32 Å². The van der Waals surface area contributed by atoms with E-state index in [0.717, 1.165) is 42.2 Å². The van der Waals surface area contributed by atoms with Gasteiger partial charge in [-0.3, -0.25) is 4.68 Å². The van der Waals surface area contributed by atoms with Gasteiger partial charge in [0.15, 0.2) is 0 Å². The Labute approximate surface area is 132 Å². The first-order valence-electron chi connectivity index (χ1n) is 7.57. The van der Waals surface area contributed by atoms with E-state index >= 15 is 0 Å². The summed E-state index contributed by atoms with van der Waals surface area (Å²) in [6.07, 6.45) is 2.89. The van der Waals surface area contributed by atoms with Crippen molar-refractivity contribution in [2.24, 2.45) is 7.05 Å². The van der Waals surface area contributed by atoms with E-state index in [1.165, 1.54) is 5.56 Å². The van der Waals surface area contributed by atoms with Crippen molar-refractivity contribution in [3.63, 3.8) is 0 Å². The van der Waals surface area contributed by atoms with Crippen molar-refractivity contribution in [3.05, 3.63) is 52.3 Å². The number of halogens is 1. The molecule has 0 fully saturated rings. The summed E-state index contributed by atoms with van der Waals surface area (Å²) >= 11 is 6.44. The van der Waals surface area contributed by atoms with Gasteiger partial charge in [-0.25, -0.2) is 0 Å². The molecule has 0 aliphatic carbocycles. The van der Waals surface area contributed by atoms with Crippen molar-refractivity contribution in [2.45, 2.75) is 32.1 Å². The largest absolute Gasteiger partial charge is 0.319 e. The number of aromatic nitrogens is 2. The molecule has 0 radical (unpaired) electrons. The Morgan fingerprint density at radius 2 is 2.00 bits per heavy atom. The van der Waals surface area contributed by atoms with Crippen molar-refractivity contribution in [1.82, 2.24) is 15.1 Å². The molecular formula is C17H24ClN3. The molecule has 0 saturated carbocycles. The van der Waals surface area contributed by atoms with Crippen molar-refractivity contribution in [1.29, 1.82) is 0 Å². The molecule has 114 valence electrons. The molecule has 1 heterocycles. The van der Waals surface area contributed by atoms with Gasteiger partial charge in [0.25, 0.3) is 0 Å². The van der Waals surface area contributed by atoms with Crippen LogP contribution in [0.2, 0.25) is 5.02 Å². The van der Waals surface area contributed by atoms with E-state index in [1.54, 1.807) is 0 Å². The van der Waals surface area contributed by atoms with Gasteiger partial charge in [0, 0.05) is 13.6 Å². The molecule has 1 aromatic heterocycles. The molecule has 0 saturated heterocycles. The molecular weight excluding hydrogens is 282 g/mol. The number of nitrogens with one attached hydrogen (secondary N) is 1. The van der Waals surface area contributed by atoms with E-state index in [0.29, 0.717) is 5.92 Å². The molecule has 0 aliphatic rings. The molecule has 1 aromatic carbocycles. The maximum Gasteiger partial charge on any atom is 0.0849 e. The third kappa shape index (κ3) is 3.86. The predicted molar refractivity (Wildman–Crippen MR) is 89.0 cm³/mol. The van der Waals surface area contributed by atoms with E-state index in [2.05, 4.69) is 47.7 Å². The Morgan fingerprint density at radius 1 is 1.29 bits per heavy atom. The number of nitrogens with zero attached hydrogens (tertiary/aromatic N) is 2. The molecule has 2 rings (SSSR count). The van der Waals surface area contributed by atoms with Crippen LogP contribution in [0, 0.1) is 0 Å². The second-order valence-corrected chi connectivity index (χ2v) is 5.77. The van der Waals surface area contributed by atoms with Gasteiger partial charge in [-0.1, -0.05) is 48.9 Å². The fourth-order valence-electron chi connectivity index (χ4n) is 2.76. The van der Waals surface area contributed by atoms with Crippen LogP contribution in [0.15, 0.2) is 30.3 Å². The molecule has 0 amide bonds. The van der Waals surface area contributed by atoms with Crippen molar-refractivity contribution in [2.75, 3.05) is 13.6 Å². The average Bonchev–Trinajstić information content (AvgIpc) is 2.79. The minimum Gasteiger partial charge on any atom is -0.319 e. The molecule has 2 aromatic rings. The highest BCUT2D eigenvalue weighted by molar-refractivity contribution is 6.31. The Hall–Kier alpha value is -1.32. The van der Waals surface area contributed by atoms with E-state index in [4.69, 9.17) is 11.6 Å². The monoisotopic (exact) mass is 305 g/mol. The number of aryl methyl sites for hydroxylation is 2. The molecule has 1 unspecified atom stereocenters. The zero-order valence-corrected chi connectivity index (χ0v) is 13.8. The van der Waals surface area contributed by atoms with Crippen LogP contribution in [0.1, 0.15) is 36.2 Å². The number of benzene rings is 1. The minimum atomic E-state index is 0.493. The number of likely N-dealkylation sites (N-methyl/N-ethyl adjacent to an activating group) is 1. The normalized spacial score (nSPS) is 12.6. The lowest BCUT2D eigenvalue weighted by Crippen LogP contribution is -2.18. The van der Waals surface area contributed by atoms with Gasteiger partial charge in [0.05, 0.1) is 16.4 Å². The quantitative estimate of drug-likeness (QED) is 0.847. The Kier molecular flexibility index (Phi) is 5.83. The zero-order chi connectivity index (χ0) is 15.2. The summed E-state index contributed by atoms with van der Waals surface area (Å²) in [5.74, 6) is 0.493. The fourth-order valence-corrected chi connectivity index (χ4v) is 3.15. The molecule has 0 aliphatic heterocycles. The van der Waals surface area contributed by atoms with Crippen LogP contribution in [0.25, 0.3) is 0 Å². The lowest BCUT2D eigenvalue weighted by Gasteiger charge is -2.17. The standard InChI is InChI=1S/C17H24ClN3/c1-4-15-17(18)16(21(3)20-15)11-10-14(12-19-2)13-8-6-5-7-9-13/h5-9,14,19H,4,10-12H2,1-3H3. The van der Waals surface area contributed by atoms with Crippen LogP contribution in [0.3, 0.4) is 0 Å². The topological polar surface area (TPSA) is 29.9 Å². The first-order valence-corrected chi connectivity index (χ1v) is 7.94. The van der Waals surface area contributed by atoms with Crippen LogP contribution in [-0.4, -0.2) is 23.4 Å². The summed E-state index contributed by atoms with van der Waals surface area (Å²) in [6.45, 7) is 3.06. The van der Waals surface area contributed by atoms with Crippen LogP contribution >= 0.6 is 11.6 Å². The number of hydrogen-bond acceptors (Lipinski definition) is 2. The fraction of sp³-hybridized carbons (Fsp3) is 0.471. The highest BCUT2D eigenvalue weighted by Gasteiger charge is 2.16. The number of rotatable bonds is 7. The third-order valence-electron chi connectivity index (χ3n) is 3.95. The predicted octanol–water partition coefficient (Wildman–Crippen LogP) is 3.57. The molecule has 3 nitrogen and oxygen atoms in total. The zero-order valence-electron chi connectivity index (χ0n) is 13.1. The average molecular weight is 306 g/mol. The summed E-state index contributed by atoms with van der Waals surface area (Å²) < 4.78 is 1.93. The Bertz CT molecular complexity index is 563. The lowest BCUT2D eigenvalue weighted by atomic mass is 9.93. The van der Waals surface area contributed by atoms with Gasteiger partial charge in [-0.05, 0) is 37.8 Å². The molecule has 21 heavy (non-hydrogen) atoms. The van der Waals surface area contributed by atoms with Crippen LogP contribution < -0.4 is 5.32 Å². The van der Waals surface area contributed by atoms with Crippen molar-refractivity contribution >= 4 is 11.6 Å². The van der Waals surface area contributed by atoms with Gasteiger partial charge >= 0.3 is 0 Å². The summed E-state index contributed by atoms with van der Waals surface area (Å²) in [5, 5.41) is 8.63. The molecule has 1 atom stereocenters. The molecule has 0 bridgehead atoms. The van der Waals surface area contributed by atoms with Gasteiger partial charge in [-0.2, -0.15) is 5.10 Å². The number of hydrogen-bond donors (Lipinski definition) is 1. The minimum absolute atomic E-state index is 0.493. The van der Waals surface area contributed by atoms with Crippen LogP contribution in [0.4, 0.5) is 0 Å². The maximum absolute atomic E-state index is 6.44. The first-order chi connectivity index (χ1) is 10.2. The smallest absolute Gasteiger partial charge is 0.0849 e. The molecule has 4 heteroatoms. The highest BCUT2D eigenvalue weighted by Crippen LogP contribution is 2.26. The van der Waals surface area contributed by atoms with Crippen molar-refractivity contribution in [3.8, 4) is 0 Å². The summed E-state index contributed by atoms with van der Waals surface area (Å²) in [7, 11) is 3.98. The second-order valence-electron chi connectivity index (χ2n) is 5.39. The van der Waals surface area contributed by atoms with E-state index < -0.39 is 0 Å². The molecule has 0 spiro atoms. The second kappa shape index (κ2) is 7.62. The van der Waals surface area contributed by atoms with Crippen molar-refractivity contribution < 1.29 is 0 Å². The third-order valence-corrected chi connectivity index (χ3v) is 4.39. The van der Waals surface area contributed by atoms with Gasteiger partial charge in [0.1, 0.15) is 0 Å². The van der Waals surface area contributed by atoms with Crippen LogP contribution in [0.5, 0.6) is 0 Å². The van der Waals surface area contributed by atoms with Gasteiger partial charge in [-0.15, -0.1) is 0 Å². The lowest BCUT2D eigenvalue weighted by molar-refractivity contribution is 0.567. The van der Waals surface area contributed by atoms with E-state index in [9.17, 15) is 0 Å². The summed E-state index contributed by atoms with van der Waals surface area (Å²) in [4.78, 5) is 0. The first kappa shape index (κ1) is 16.1.